The van der Waals surface area contributed by atoms with Gasteiger partial charge in [0, 0.05) is 57.4 Å². The first kappa shape index (κ1) is 35.0. The number of fused-ring (bicyclic) bond motifs is 2. The van der Waals surface area contributed by atoms with Gasteiger partial charge in [0.2, 0.25) is 0 Å². The van der Waals surface area contributed by atoms with Gasteiger partial charge < -0.3 is 30.3 Å². The molecule has 0 unspecified atom stereocenters. The average Bonchev–Trinajstić information content (AvgIpc) is 3.29. The van der Waals surface area contributed by atoms with E-state index in [1.54, 1.807) is 37.6 Å². The van der Waals surface area contributed by atoms with Crippen LogP contribution in [-0.2, 0) is 19.2 Å². The van der Waals surface area contributed by atoms with E-state index in [0.717, 1.165) is 48.4 Å². The zero-order valence-corrected chi connectivity index (χ0v) is 24.6. The monoisotopic (exact) mass is 640 g/mol. The van der Waals surface area contributed by atoms with Crippen LogP contribution in [0.4, 0.5) is 0 Å². The highest BCUT2D eigenvalue weighted by atomic mass is 16.5. The number of rotatable bonds is 7. The number of piperazine rings is 1. The molecule has 1 aromatic heterocycles. The van der Waals surface area contributed by atoms with Crippen LogP contribution in [0.1, 0.15) is 32.4 Å². The number of carboxylic acids is 4. The molecule has 3 aromatic rings. The van der Waals surface area contributed by atoms with Crippen molar-refractivity contribution in [3.8, 4) is 5.75 Å². The highest BCUT2D eigenvalue weighted by Gasteiger charge is 2.35. The molecule has 244 valence electrons. The van der Waals surface area contributed by atoms with E-state index in [1.165, 1.54) is 4.90 Å². The van der Waals surface area contributed by atoms with Gasteiger partial charge in [-0.1, -0.05) is 12.1 Å². The number of imide groups is 1. The molecule has 3 heterocycles. The summed E-state index contributed by atoms with van der Waals surface area (Å²) in [6.45, 7) is 4.83. The Morgan fingerprint density at radius 1 is 0.783 bits per heavy atom. The number of β-amino-alcohol motifs (C(OH)–C–C–N with tert-alkyl or cyclic N) is 1. The number of carbonyl (C=O) groups is 6. The summed E-state index contributed by atoms with van der Waals surface area (Å²) in [5.41, 5.74) is 2.66. The van der Waals surface area contributed by atoms with Crippen LogP contribution < -0.4 is 4.74 Å². The van der Waals surface area contributed by atoms with Gasteiger partial charge in [0.05, 0.1) is 29.9 Å². The van der Waals surface area contributed by atoms with Crippen molar-refractivity contribution in [1.29, 1.82) is 0 Å². The van der Waals surface area contributed by atoms with E-state index in [-0.39, 0.29) is 11.8 Å². The molecule has 1 saturated heterocycles. The van der Waals surface area contributed by atoms with Gasteiger partial charge in [-0.15, -0.1) is 0 Å². The van der Waals surface area contributed by atoms with Crippen LogP contribution in [0.3, 0.4) is 0 Å². The number of aliphatic hydroxyl groups excluding tert-OH is 1. The molecule has 16 nitrogen and oxygen atoms in total. The van der Waals surface area contributed by atoms with Gasteiger partial charge in [-0.25, -0.2) is 19.2 Å². The van der Waals surface area contributed by atoms with E-state index in [9.17, 15) is 14.7 Å². The molecular formula is C30H32N4O12. The van der Waals surface area contributed by atoms with Gasteiger partial charge in [-0.2, -0.15) is 0 Å². The number of aromatic nitrogens is 1. The summed E-state index contributed by atoms with van der Waals surface area (Å²) in [5.74, 6) is -6.97. The van der Waals surface area contributed by atoms with E-state index >= 15 is 0 Å². The molecule has 2 amide bonds. The Balaban J connectivity index is 0.000000410. The Morgan fingerprint density at radius 3 is 1.80 bits per heavy atom. The molecule has 2 aliphatic heterocycles. The highest BCUT2D eigenvalue weighted by molar-refractivity contribution is 6.28. The Kier molecular flexibility index (Phi) is 12.2. The smallest absolute Gasteiger partial charge is 0.414 e. The van der Waals surface area contributed by atoms with Crippen LogP contribution in [0, 0.1) is 0 Å². The lowest BCUT2D eigenvalue weighted by Crippen LogP contribution is -2.49. The lowest BCUT2D eigenvalue weighted by Gasteiger charge is -2.36. The number of benzene rings is 2. The van der Waals surface area contributed by atoms with E-state index < -0.39 is 30.0 Å². The van der Waals surface area contributed by atoms with Crippen LogP contribution in [0.15, 0.2) is 54.7 Å². The number of nitrogens with zero attached hydrogens (tertiary/aromatic N) is 4. The number of amides is 2. The Bertz CT molecular complexity index is 1540. The van der Waals surface area contributed by atoms with Gasteiger partial charge >= 0.3 is 23.9 Å². The van der Waals surface area contributed by atoms with E-state index in [0.29, 0.717) is 30.8 Å². The largest absolute Gasteiger partial charge is 0.497 e. The van der Waals surface area contributed by atoms with Gasteiger partial charge in [-0.05, 0) is 42.0 Å². The predicted molar refractivity (Wildman–Crippen MR) is 158 cm³/mol. The first-order valence-corrected chi connectivity index (χ1v) is 13.8. The second-order valence-electron chi connectivity index (χ2n) is 9.97. The summed E-state index contributed by atoms with van der Waals surface area (Å²) in [7, 11) is 1.63. The van der Waals surface area contributed by atoms with Crippen molar-refractivity contribution in [2.75, 3.05) is 52.9 Å². The first-order valence-electron chi connectivity index (χ1n) is 13.8. The van der Waals surface area contributed by atoms with Crippen LogP contribution in [0.5, 0.6) is 5.75 Å². The molecule has 0 spiro atoms. The molecule has 5 rings (SSSR count). The molecule has 0 aliphatic carbocycles. The fourth-order valence-electron chi connectivity index (χ4n) is 4.79. The number of carboxylic acid groups (broad SMARTS) is 4. The molecule has 0 bridgehead atoms. The van der Waals surface area contributed by atoms with Gasteiger partial charge in [-0.3, -0.25) is 29.3 Å². The minimum Gasteiger partial charge on any atom is -0.497 e. The topological polar surface area (TPSA) is 235 Å². The Morgan fingerprint density at radius 2 is 1.30 bits per heavy atom. The lowest BCUT2D eigenvalue weighted by molar-refractivity contribution is -0.159. The minimum absolute atomic E-state index is 0.205. The van der Waals surface area contributed by atoms with Crippen LogP contribution in [0.2, 0.25) is 0 Å². The van der Waals surface area contributed by atoms with Gasteiger partial charge in [0.1, 0.15) is 5.75 Å². The van der Waals surface area contributed by atoms with Crippen LogP contribution in [-0.4, -0.2) is 134 Å². The second-order valence-corrected chi connectivity index (χ2v) is 9.97. The SMILES string of the molecule is COc1ccc2nccc([C@@H](O)CN3CCN(CCN4C(=O)c5ccccc5C4=O)CC3)c2c1.O=C(O)C(=O)O.O=C(O)C(=O)O. The van der Waals surface area contributed by atoms with Gasteiger partial charge in [0.25, 0.3) is 11.8 Å². The molecule has 46 heavy (non-hydrogen) atoms. The van der Waals surface area contributed by atoms with Crippen molar-refractivity contribution >= 4 is 46.6 Å². The normalized spacial score (nSPS) is 15.1. The molecular weight excluding hydrogens is 608 g/mol. The summed E-state index contributed by atoms with van der Waals surface area (Å²) in [6, 6.07) is 14.5. The highest BCUT2D eigenvalue weighted by Crippen LogP contribution is 2.27. The lowest BCUT2D eigenvalue weighted by atomic mass is 10.0. The van der Waals surface area contributed by atoms with Crippen LogP contribution >= 0.6 is 0 Å². The molecule has 0 radical (unpaired) electrons. The maximum atomic E-state index is 12.6. The van der Waals surface area contributed by atoms with Crippen molar-refractivity contribution in [2.45, 2.75) is 6.10 Å². The quantitative estimate of drug-likeness (QED) is 0.175. The average molecular weight is 641 g/mol. The number of carbonyl (C=O) groups excluding carboxylic acids is 2. The summed E-state index contributed by atoms with van der Waals surface area (Å²) in [6.07, 6.45) is 1.09. The molecule has 5 N–H and O–H groups in total. The number of pyridine rings is 1. The minimum atomic E-state index is -1.82. The number of aliphatic hydroxyl groups is 1. The first-order chi connectivity index (χ1) is 21.8. The maximum Gasteiger partial charge on any atom is 0.414 e. The van der Waals surface area contributed by atoms with Crippen molar-refractivity contribution in [2.24, 2.45) is 0 Å². The molecule has 1 atom stereocenters. The predicted octanol–water partition coefficient (Wildman–Crippen LogP) is 0.502. The maximum absolute atomic E-state index is 12.6. The third-order valence-corrected chi connectivity index (χ3v) is 7.12. The van der Waals surface area contributed by atoms with E-state index in [2.05, 4.69) is 14.8 Å². The third-order valence-electron chi connectivity index (χ3n) is 7.12. The second kappa shape index (κ2) is 16.0. The summed E-state index contributed by atoms with van der Waals surface area (Å²) in [4.78, 5) is 71.8. The summed E-state index contributed by atoms with van der Waals surface area (Å²) in [5, 5.41) is 41.4. The number of aliphatic carboxylic acids is 4. The summed E-state index contributed by atoms with van der Waals surface area (Å²) < 4.78 is 5.34. The summed E-state index contributed by atoms with van der Waals surface area (Å²) >= 11 is 0. The molecule has 0 saturated carbocycles. The van der Waals surface area contributed by atoms with E-state index in [1.807, 2.05) is 24.3 Å². The van der Waals surface area contributed by atoms with Crippen molar-refractivity contribution < 1.29 is 59.0 Å². The van der Waals surface area contributed by atoms with Gasteiger partial charge in [0.15, 0.2) is 0 Å². The molecule has 2 aromatic carbocycles. The fraction of sp³-hybridized carbons (Fsp3) is 0.300. The Hall–Kier alpha value is -5.45. The zero-order chi connectivity index (χ0) is 34.0. The zero-order valence-electron chi connectivity index (χ0n) is 24.6. The van der Waals surface area contributed by atoms with Crippen molar-refractivity contribution in [1.82, 2.24) is 19.7 Å². The Labute approximate surface area is 261 Å². The van der Waals surface area contributed by atoms with Crippen molar-refractivity contribution in [3.63, 3.8) is 0 Å². The third kappa shape index (κ3) is 9.04. The van der Waals surface area contributed by atoms with Crippen LogP contribution in [0.25, 0.3) is 10.9 Å². The van der Waals surface area contributed by atoms with Crippen molar-refractivity contribution in [3.05, 3.63) is 71.4 Å². The number of ether oxygens (including phenoxy) is 1. The standard InChI is InChI=1S/C26H28N4O4.2C2H2O4/c1-34-18-6-7-23-22(16-18)19(8-9-27-23)24(31)17-29-12-10-28(11-13-29)14-15-30-25(32)20-4-2-3-5-21(20)26(30)33;2*3-1(4)2(5)6/h2-9,16,24,31H,10-15,17H2,1H3;2*(H,3,4)(H,5,6)/t24-;;/m0../s1. The number of hydrogen-bond donors (Lipinski definition) is 5. The number of methoxy groups -OCH3 is 1. The molecule has 16 heteroatoms. The molecule has 2 aliphatic rings. The van der Waals surface area contributed by atoms with E-state index in [4.69, 9.17) is 44.3 Å². The molecule has 1 fully saturated rings. The number of hydrogen-bond acceptors (Lipinski definition) is 11. The fourth-order valence-corrected chi connectivity index (χ4v) is 4.79.